The number of esters is 1. The van der Waals surface area contributed by atoms with Gasteiger partial charge < -0.3 is 14.2 Å². The van der Waals surface area contributed by atoms with Crippen molar-refractivity contribution in [1.82, 2.24) is 4.90 Å². The number of rotatable bonds is 4. The fourth-order valence-corrected chi connectivity index (χ4v) is 3.42. The summed E-state index contributed by atoms with van der Waals surface area (Å²) in [5, 5.41) is 0. The standard InChI is InChI=1S/C23H27NO5/c1-22(2,3)29-20(25)23(4)19-12-11-18(27-5)13-17(19)14-24(23)21(26)28-15-16-9-7-6-8-10-16/h6-13H,14-15H2,1-5H3. The van der Waals surface area contributed by atoms with Gasteiger partial charge in [-0.2, -0.15) is 0 Å². The van der Waals surface area contributed by atoms with Gasteiger partial charge in [0.15, 0.2) is 5.54 Å². The van der Waals surface area contributed by atoms with Crippen LogP contribution in [0.5, 0.6) is 5.75 Å². The Kier molecular flexibility index (Phi) is 5.55. The maximum Gasteiger partial charge on any atom is 0.411 e. The van der Waals surface area contributed by atoms with Gasteiger partial charge in [0.1, 0.15) is 18.0 Å². The summed E-state index contributed by atoms with van der Waals surface area (Å²) in [6.07, 6.45) is -0.572. The van der Waals surface area contributed by atoms with E-state index in [0.29, 0.717) is 11.3 Å². The van der Waals surface area contributed by atoms with Gasteiger partial charge in [-0.05, 0) is 56.5 Å². The number of hydrogen-bond donors (Lipinski definition) is 0. The second-order valence-corrected chi connectivity index (χ2v) is 8.22. The summed E-state index contributed by atoms with van der Waals surface area (Å²) in [6.45, 7) is 7.46. The molecule has 3 rings (SSSR count). The van der Waals surface area contributed by atoms with E-state index in [1.54, 1.807) is 40.9 Å². The number of ether oxygens (including phenoxy) is 3. The van der Waals surface area contributed by atoms with Crippen LogP contribution in [0.15, 0.2) is 48.5 Å². The molecule has 1 aliphatic rings. The molecule has 0 radical (unpaired) electrons. The molecule has 1 heterocycles. The molecule has 29 heavy (non-hydrogen) atoms. The molecule has 0 bridgehead atoms. The topological polar surface area (TPSA) is 65.1 Å². The van der Waals surface area contributed by atoms with Crippen molar-refractivity contribution in [3.8, 4) is 5.75 Å². The van der Waals surface area contributed by atoms with Crippen molar-refractivity contribution < 1.29 is 23.8 Å². The van der Waals surface area contributed by atoms with Gasteiger partial charge in [-0.25, -0.2) is 9.59 Å². The number of carbonyl (C=O) groups is 2. The summed E-state index contributed by atoms with van der Waals surface area (Å²) >= 11 is 0. The molecule has 0 fully saturated rings. The minimum atomic E-state index is -1.29. The lowest BCUT2D eigenvalue weighted by Gasteiger charge is -2.35. The number of fused-ring (bicyclic) bond motifs is 1. The van der Waals surface area contributed by atoms with Crippen LogP contribution in [0, 0.1) is 0 Å². The van der Waals surface area contributed by atoms with Crippen LogP contribution in [0.25, 0.3) is 0 Å². The molecule has 1 unspecified atom stereocenters. The molecule has 1 atom stereocenters. The van der Waals surface area contributed by atoms with E-state index in [1.807, 2.05) is 42.5 Å². The Hall–Kier alpha value is -3.02. The van der Waals surface area contributed by atoms with E-state index in [1.165, 1.54) is 4.90 Å². The molecule has 1 aliphatic heterocycles. The lowest BCUT2D eigenvalue weighted by molar-refractivity contribution is -0.168. The smallest absolute Gasteiger partial charge is 0.411 e. The van der Waals surface area contributed by atoms with Crippen LogP contribution in [0.3, 0.4) is 0 Å². The number of amides is 1. The maximum atomic E-state index is 13.2. The number of carbonyl (C=O) groups excluding carboxylic acids is 2. The zero-order valence-electron chi connectivity index (χ0n) is 17.5. The Morgan fingerprint density at radius 1 is 1.10 bits per heavy atom. The van der Waals surface area contributed by atoms with Crippen LogP contribution in [0.1, 0.15) is 44.4 Å². The highest BCUT2D eigenvalue weighted by atomic mass is 16.6. The van der Waals surface area contributed by atoms with Gasteiger partial charge in [0.2, 0.25) is 0 Å². The van der Waals surface area contributed by atoms with Gasteiger partial charge in [0.25, 0.3) is 0 Å². The Morgan fingerprint density at radius 3 is 2.41 bits per heavy atom. The van der Waals surface area contributed by atoms with Crippen molar-refractivity contribution in [2.75, 3.05) is 7.11 Å². The first-order chi connectivity index (χ1) is 13.6. The van der Waals surface area contributed by atoms with Crippen molar-refractivity contribution in [3.63, 3.8) is 0 Å². The first kappa shape index (κ1) is 20.7. The molecule has 0 N–H and O–H groups in total. The quantitative estimate of drug-likeness (QED) is 0.715. The third-order valence-corrected chi connectivity index (χ3v) is 4.93. The molecule has 0 aromatic heterocycles. The second kappa shape index (κ2) is 7.78. The third-order valence-electron chi connectivity index (χ3n) is 4.93. The van der Waals surface area contributed by atoms with Crippen molar-refractivity contribution in [2.45, 2.75) is 52.0 Å². The summed E-state index contributed by atoms with van der Waals surface area (Å²) < 4.78 is 16.5. The fourth-order valence-electron chi connectivity index (χ4n) is 3.42. The molecule has 0 saturated heterocycles. The van der Waals surface area contributed by atoms with E-state index < -0.39 is 23.2 Å². The fraction of sp³-hybridized carbons (Fsp3) is 0.391. The molecule has 2 aromatic rings. The molecular formula is C23H27NO5. The normalized spacial score (nSPS) is 18.2. The van der Waals surface area contributed by atoms with Gasteiger partial charge in [0.05, 0.1) is 13.7 Å². The highest BCUT2D eigenvalue weighted by Crippen LogP contribution is 2.42. The zero-order chi connectivity index (χ0) is 21.2. The van der Waals surface area contributed by atoms with Gasteiger partial charge >= 0.3 is 12.1 Å². The summed E-state index contributed by atoms with van der Waals surface area (Å²) in [6, 6.07) is 14.8. The zero-order valence-corrected chi connectivity index (χ0v) is 17.5. The second-order valence-electron chi connectivity index (χ2n) is 8.22. The number of hydrogen-bond acceptors (Lipinski definition) is 5. The largest absolute Gasteiger partial charge is 0.497 e. The number of methoxy groups -OCH3 is 1. The summed E-state index contributed by atoms with van der Waals surface area (Å²) in [5.41, 5.74) is 0.439. The Bertz CT molecular complexity index is 903. The van der Waals surface area contributed by atoms with Crippen molar-refractivity contribution in [1.29, 1.82) is 0 Å². The molecule has 1 amide bonds. The number of nitrogens with zero attached hydrogens (tertiary/aromatic N) is 1. The van der Waals surface area contributed by atoms with Crippen LogP contribution < -0.4 is 4.74 Å². The lowest BCUT2D eigenvalue weighted by Crippen LogP contribution is -2.50. The van der Waals surface area contributed by atoms with Crippen LogP contribution >= 0.6 is 0 Å². The third kappa shape index (κ3) is 4.21. The first-order valence-corrected chi connectivity index (χ1v) is 9.54. The van der Waals surface area contributed by atoms with Crippen molar-refractivity contribution >= 4 is 12.1 Å². The van der Waals surface area contributed by atoms with Gasteiger partial charge in [0, 0.05) is 0 Å². The highest BCUT2D eigenvalue weighted by molar-refractivity contribution is 5.89. The number of benzene rings is 2. The predicted molar refractivity (Wildman–Crippen MR) is 108 cm³/mol. The summed E-state index contributed by atoms with van der Waals surface area (Å²) in [7, 11) is 1.58. The Morgan fingerprint density at radius 2 is 1.79 bits per heavy atom. The molecule has 2 aromatic carbocycles. The highest BCUT2D eigenvalue weighted by Gasteiger charge is 2.52. The minimum Gasteiger partial charge on any atom is -0.497 e. The summed E-state index contributed by atoms with van der Waals surface area (Å²) in [4.78, 5) is 27.6. The van der Waals surface area contributed by atoms with Crippen LogP contribution in [0.2, 0.25) is 0 Å². The van der Waals surface area contributed by atoms with Crippen LogP contribution in [0.4, 0.5) is 4.79 Å². The molecule has 0 aliphatic carbocycles. The first-order valence-electron chi connectivity index (χ1n) is 9.54. The van der Waals surface area contributed by atoms with E-state index >= 15 is 0 Å². The van der Waals surface area contributed by atoms with E-state index in [-0.39, 0.29) is 13.2 Å². The van der Waals surface area contributed by atoms with Crippen LogP contribution in [-0.4, -0.2) is 29.7 Å². The molecule has 6 heteroatoms. The Labute approximate surface area is 171 Å². The molecule has 154 valence electrons. The maximum absolute atomic E-state index is 13.2. The average molecular weight is 397 g/mol. The molecule has 0 saturated carbocycles. The summed E-state index contributed by atoms with van der Waals surface area (Å²) in [5.74, 6) is 0.167. The molecule has 6 nitrogen and oxygen atoms in total. The predicted octanol–water partition coefficient (Wildman–Crippen LogP) is 4.40. The van der Waals surface area contributed by atoms with Crippen LogP contribution in [-0.2, 0) is 33.0 Å². The van der Waals surface area contributed by atoms with Gasteiger partial charge in [-0.15, -0.1) is 0 Å². The van der Waals surface area contributed by atoms with E-state index in [0.717, 1.165) is 11.1 Å². The van der Waals surface area contributed by atoms with Gasteiger partial charge in [-0.1, -0.05) is 36.4 Å². The Balaban J connectivity index is 1.91. The average Bonchev–Trinajstić information content (AvgIpc) is 2.99. The SMILES string of the molecule is COc1ccc2c(c1)CN(C(=O)OCc1ccccc1)C2(C)C(=O)OC(C)(C)C. The minimum absolute atomic E-state index is 0.125. The monoisotopic (exact) mass is 397 g/mol. The van der Waals surface area contributed by atoms with Gasteiger partial charge in [-0.3, -0.25) is 4.90 Å². The van der Waals surface area contributed by atoms with E-state index in [9.17, 15) is 9.59 Å². The van der Waals surface area contributed by atoms with Crippen molar-refractivity contribution in [3.05, 3.63) is 65.2 Å². The van der Waals surface area contributed by atoms with E-state index in [4.69, 9.17) is 14.2 Å². The molecular weight excluding hydrogens is 370 g/mol. The van der Waals surface area contributed by atoms with Crippen molar-refractivity contribution in [2.24, 2.45) is 0 Å². The lowest BCUT2D eigenvalue weighted by atomic mass is 9.91. The molecule has 0 spiro atoms. The van der Waals surface area contributed by atoms with E-state index in [2.05, 4.69) is 0 Å².